The average molecular weight is 285 g/mol. The number of phenols is 1. The van der Waals surface area contributed by atoms with Crippen LogP contribution in [0.1, 0.15) is 28.4 Å². The van der Waals surface area contributed by atoms with E-state index in [1.807, 2.05) is 25.1 Å². The molecule has 2 rings (SSSR count). The van der Waals surface area contributed by atoms with Crippen LogP contribution in [0.4, 0.5) is 5.69 Å². The molecule has 0 saturated heterocycles. The van der Waals surface area contributed by atoms with Crippen LogP contribution in [0.25, 0.3) is 0 Å². The van der Waals surface area contributed by atoms with Gasteiger partial charge >= 0.3 is 5.97 Å². The lowest BCUT2D eigenvalue weighted by Gasteiger charge is -2.10. The number of anilines is 1. The van der Waals surface area contributed by atoms with Gasteiger partial charge in [-0.05, 0) is 55.3 Å². The summed E-state index contributed by atoms with van der Waals surface area (Å²) >= 11 is 0. The van der Waals surface area contributed by atoms with E-state index in [1.54, 1.807) is 31.2 Å². The number of nitrogens with one attached hydrogen (secondary N) is 1. The summed E-state index contributed by atoms with van der Waals surface area (Å²) in [5, 5.41) is 12.7. The molecule has 0 aliphatic rings. The molecule has 21 heavy (non-hydrogen) atoms. The number of carbonyl (C=O) groups excluding carboxylic acids is 1. The molecule has 2 aromatic carbocycles. The SMILES string of the molecule is CCOC(=O)c1cccc(NCc2ccc(O)cc2C)c1. The molecule has 0 fully saturated rings. The number of hydrogen-bond acceptors (Lipinski definition) is 4. The fourth-order valence-electron chi connectivity index (χ4n) is 2.05. The van der Waals surface area contributed by atoms with Crippen molar-refractivity contribution in [3.05, 3.63) is 59.2 Å². The van der Waals surface area contributed by atoms with Gasteiger partial charge in [-0.1, -0.05) is 12.1 Å². The second kappa shape index (κ2) is 6.79. The first-order chi connectivity index (χ1) is 10.1. The maximum Gasteiger partial charge on any atom is 0.338 e. The van der Waals surface area contributed by atoms with Crippen molar-refractivity contribution in [3.63, 3.8) is 0 Å². The van der Waals surface area contributed by atoms with Crippen LogP contribution >= 0.6 is 0 Å². The van der Waals surface area contributed by atoms with E-state index in [4.69, 9.17) is 4.74 Å². The van der Waals surface area contributed by atoms with Crippen LogP contribution in [-0.4, -0.2) is 17.7 Å². The molecule has 110 valence electrons. The minimum absolute atomic E-state index is 0.264. The van der Waals surface area contributed by atoms with Crippen molar-refractivity contribution in [1.82, 2.24) is 0 Å². The Morgan fingerprint density at radius 2 is 2.05 bits per heavy atom. The number of aromatic hydroxyl groups is 1. The highest BCUT2D eigenvalue weighted by atomic mass is 16.5. The largest absolute Gasteiger partial charge is 0.508 e. The van der Waals surface area contributed by atoms with Gasteiger partial charge in [-0.15, -0.1) is 0 Å². The lowest BCUT2D eigenvalue weighted by atomic mass is 10.1. The number of hydrogen-bond donors (Lipinski definition) is 2. The third-order valence-corrected chi connectivity index (χ3v) is 3.18. The van der Waals surface area contributed by atoms with Gasteiger partial charge < -0.3 is 15.2 Å². The average Bonchev–Trinajstić information content (AvgIpc) is 2.47. The van der Waals surface area contributed by atoms with Gasteiger partial charge in [-0.3, -0.25) is 0 Å². The molecule has 0 radical (unpaired) electrons. The molecule has 0 aliphatic carbocycles. The number of aryl methyl sites for hydroxylation is 1. The molecule has 0 atom stereocenters. The summed E-state index contributed by atoms with van der Waals surface area (Å²) in [4.78, 5) is 11.7. The van der Waals surface area contributed by atoms with Gasteiger partial charge in [0, 0.05) is 12.2 Å². The molecule has 0 saturated carbocycles. The fraction of sp³-hybridized carbons (Fsp3) is 0.235. The van der Waals surface area contributed by atoms with Gasteiger partial charge in [0.1, 0.15) is 5.75 Å². The molecule has 4 heteroatoms. The normalized spacial score (nSPS) is 10.2. The maximum atomic E-state index is 11.7. The Morgan fingerprint density at radius 3 is 2.76 bits per heavy atom. The molecule has 0 heterocycles. The van der Waals surface area contributed by atoms with Crippen molar-refractivity contribution in [2.45, 2.75) is 20.4 Å². The summed E-state index contributed by atoms with van der Waals surface area (Å²) in [5.74, 6) is -0.0532. The standard InChI is InChI=1S/C17H19NO3/c1-3-21-17(20)13-5-4-6-15(10-13)18-11-14-7-8-16(19)9-12(14)2/h4-10,18-19H,3,11H2,1-2H3. The molecule has 0 spiro atoms. The minimum Gasteiger partial charge on any atom is -0.508 e. The number of esters is 1. The van der Waals surface area contributed by atoms with Gasteiger partial charge in [0.15, 0.2) is 0 Å². The minimum atomic E-state index is -0.318. The molecular weight excluding hydrogens is 266 g/mol. The van der Waals surface area contributed by atoms with Crippen molar-refractivity contribution >= 4 is 11.7 Å². The lowest BCUT2D eigenvalue weighted by Crippen LogP contribution is -2.06. The van der Waals surface area contributed by atoms with Crippen LogP contribution in [0.2, 0.25) is 0 Å². The van der Waals surface area contributed by atoms with E-state index in [-0.39, 0.29) is 11.7 Å². The third-order valence-electron chi connectivity index (χ3n) is 3.18. The zero-order valence-corrected chi connectivity index (χ0v) is 12.2. The highest BCUT2D eigenvalue weighted by molar-refractivity contribution is 5.90. The number of phenolic OH excluding ortho intramolecular Hbond substituents is 1. The Bertz CT molecular complexity index is 638. The van der Waals surface area contributed by atoms with Gasteiger partial charge in [0.25, 0.3) is 0 Å². The predicted molar refractivity (Wildman–Crippen MR) is 82.6 cm³/mol. The van der Waals surface area contributed by atoms with Crippen molar-refractivity contribution < 1.29 is 14.6 Å². The summed E-state index contributed by atoms with van der Waals surface area (Å²) in [7, 11) is 0. The second-order valence-corrected chi connectivity index (χ2v) is 4.77. The second-order valence-electron chi connectivity index (χ2n) is 4.77. The summed E-state index contributed by atoms with van der Waals surface area (Å²) in [6.07, 6.45) is 0. The third kappa shape index (κ3) is 3.99. The number of rotatable bonds is 5. The molecule has 4 nitrogen and oxygen atoms in total. The van der Waals surface area contributed by atoms with E-state index >= 15 is 0 Å². The molecule has 0 bridgehead atoms. The zero-order chi connectivity index (χ0) is 15.2. The van der Waals surface area contributed by atoms with Gasteiger partial charge in [-0.25, -0.2) is 4.79 Å². The Labute approximate surface area is 124 Å². The molecule has 0 aliphatic heterocycles. The van der Waals surface area contributed by atoms with Gasteiger partial charge in [0.2, 0.25) is 0 Å². The van der Waals surface area contributed by atoms with E-state index in [9.17, 15) is 9.90 Å². The van der Waals surface area contributed by atoms with Crippen LogP contribution in [0.3, 0.4) is 0 Å². The molecule has 0 unspecified atom stereocenters. The topological polar surface area (TPSA) is 58.6 Å². The molecule has 2 N–H and O–H groups in total. The Kier molecular flexibility index (Phi) is 4.82. The van der Waals surface area contributed by atoms with Gasteiger partial charge in [-0.2, -0.15) is 0 Å². The Morgan fingerprint density at radius 1 is 1.24 bits per heavy atom. The van der Waals surface area contributed by atoms with Crippen molar-refractivity contribution in [2.75, 3.05) is 11.9 Å². The molecule has 0 amide bonds. The van der Waals surface area contributed by atoms with Crippen LogP contribution < -0.4 is 5.32 Å². The van der Waals surface area contributed by atoms with Crippen molar-refractivity contribution in [2.24, 2.45) is 0 Å². The monoisotopic (exact) mass is 285 g/mol. The highest BCUT2D eigenvalue weighted by Crippen LogP contribution is 2.18. The van der Waals surface area contributed by atoms with Crippen molar-refractivity contribution in [1.29, 1.82) is 0 Å². The first-order valence-electron chi connectivity index (χ1n) is 6.89. The maximum absolute atomic E-state index is 11.7. The Balaban J connectivity index is 2.06. The molecule has 0 aromatic heterocycles. The van der Waals surface area contributed by atoms with Crippen LogP contribution in [0.15, 0.2) is 42.5 Å². The number of ether oxygens (including phenoxy) is 1. The van der Waals surface area contributed by atoms with E-state index in [0.717, 1.165) is 16.8 Å². The lowest BCUT2D eigenvalue weighted by molar-refractivity contribution is 0.0526. The number of carbonyl (C=O) groups is 1. The van der Waals surface area contributed by atoms with Crippen LogP contribution in [0.5, 0.6) is 5.75 Å². The first kappa shape index (κ1) is 14.9. The molecular formula is C17H19NO3. The summed E-state index contributed by atoms with van der Waals surface area (Å²) in [6, 6.07) is 12.5. The van der Waals surface area contributed by atoms with E-state index in [2.05, 4.69) is 5.32 Å². The van der Waals surface area contributed by atoms with Crippen LogP contribution in [0, 0.1) is 6.92 Å². The summed E-state index contributed by atoms with van der Waals surface area (Å²) < 4.78 is 4.98. The molecule has 2 aromatic rings. The van der Waals surface area contributed by atoms with E-state index < -0.39 is 0 Å². The Hall–Kier alpha value is -2.49. The zero-order valence-electron chi connectivity index (χ0n) is 12.2. The highest BCUT2D eigenvalue weighted by Gasteiger charge is 2.07. The summed E-state index contributed by atoms with van der Waals surface area (Å²) in [5.41, 5.74) is 3.50. The van der Waals surface area contributed by atoms with E-state index in [0.29, 0.717) is 18.7 Å². The van der Waals surface area contributed by atoms with Crippen LogP contribution in [-0.2, 0) is 11.3 Å². The fourth-order valence-corrected chi connectivity index (χ4v) is 2.05. The smallest absolute Gasteiger partial charge is 0.338 e. The first-order valence-corrected chi connectivity index (χ1v) is 6.89. The quantitative estimate of drug-likeness (QED) is 0.826. The van der Waals surface area contributed by atoms with E-state index in [1.165, 1.54) is 0 Å². The summed E-state index contributed by atoms with van der Waals surface area (Å²) in [6.45, 7) is 4.72. The predicted octanol–water partition coefficient (Wildman–Crippen LogP) is 3.49. The van der Waals surface area contributed by atoms with Gasteiger partial charge in [0.05, 0.1) is 12.2 Å². The number of benzene rings is 2. The van der Waals surface area contributed by atoms with Crippen molar-refractivity contribution in [3.8, 4) is 5.75 Å².